The van der Waals surface area contributed by atoms with Crippen molar-refractivity contribution in [3.63, 3.8) is 0 Å². The van der Waals surface area contributed by atoms with Crippen LogP contribution < -0.4 is 10.6 Å². The second kappa shape index (κ2) is 7.11. The molecule has 0 atom stereocenters. The number of rotatable bonds is 7. The molecule has 1 aliphatic carbocycles. The van der Waals surface area contributed by atoms with E-state index in [4.69, 9.17) is 0 Å². The third-order valence-corrected chi connectivity index (χ3v) is 5.30. The molecular formula is C15H18N4OS2. The van der Waals surface area contributed by atoms with E-state index >= 15 is 0 Å². The maximum Gasteiger partial charge on any atom is 0.234 e. The molecule has 0 unspecified atom stereocenters. The first kappa shape index (κ1) is 15.3. The molecule has 116 valence electrons. The van der Waals surface area contributed by atoms with Gasteiger partial charge in [-0.05, 0) is 30.9 Å². The molecule has 5 nitrogen and oxygen atoms in total. The third-order valence-electron chi connectivity index (χ3n) is 3.31. The molecule has 7 heteroatoms. The van der Waals surface area contributed by atoms with Crippen LogP contribution in [0.2, 0.25) is 0 Å². The Morgan fingerprint density at radius 2 is 2.18 bits per heavy atom. The summed E-state index contributed by atoms with van der Waals surface area (Å²) < 4.78 is 0.821. The van der Waals surface area contributed by atoms with E-state index < -0.39 is 0 Å². The summed E-state index contributed by atoms with van der Waals surface area (Å²) in [5, 5.41) is 15.3. The van der Waals surface area contributed by atoms with E-state index in [1.807, 2.05) is 24.3 Å². The molecule has 0 spiro atoms. The molecule has 2 aromatic rings. The van der Waals surface area contributed by atoms with Crippen molar-refractivity contribution in [1.29, 1.82) is 0 Å². The van der Waals surface area contributed by atoms with Gasteiger partial charge in [0.1, 0.15) is 0 Å². The average Bonchev–Trinajstić information content (AvgIpc) is 3.22. The molecule has 1 aromatic heterocycles. The zero-order valence-electron chi connectivity index (χ0n) is 12.3. The van der Waals surface area contributed by atoms with Crippen LogP contribution in [0, 0.1) is 0 Å². The summed E-state index contributed by atoms with van der Waals surface area (Å²) >= 11 is 2.93. The van der Waals surface area contributed by atoms with Crippen molar-refractivity contribution in [3.8, 4) is 0 Å². The Hall–Kier alpha value is -1.60. The van der Waals surface area contributed by atoms with Gasteiger partial charge in [-0.2, -0.15) is 0 Å². The van der Waals surface area contributed by atoms with Crippen LogP contribution in [0.4, 0.5) is 10.8 Å². The Morgan fingerprint density at radius 1 is 1.36 bits per heavy atom. The van der Waals surface area contributed by atoms with Crippen LogP contribution in [0.1, 0.15) is 25.3 Å². The van der Waals surface area contributed by atoms with Crippen molar-refractivity contribution in [3.05, 3.63) is 29.8 Å². The lowest BCUT2D eigenvalue weighted by atomic mass is 10.1. The highest BCUT2D eigenvalue weighted by atomic mass is 32.2. The molecular weight excluding hydrogens is 316 g/mol. The number of amides is 1. The Labute approximate surface area is 137 Å². The Kier molecular flexibility index (Phi) is 4.94. The van der Waals surface area contributed by atoms with Gasteiger partial charge in [0.2, 0.25) is 11.0 Å². The van der Waals surface area contributed by atoms with Gasteiger partial charge in [0.05, 0.1) is 5.75 Å². The number of aromatic nitrogens is 2. The molecule has 0 bridgehead atoms. The summed E-state index contributed by atoms with van der Waals surface area (Å²) in [6, 6.07) is 8.45. The molecule has 3 rings (SSSR count). The third kappa shape index (κ3) is 4.20. The van der Waals surface area contributed by atoms with Gasteiger partial charge < -0.3 is 10.6 Å². The van der Waals surface area contributed by atoms with Crippen LogP contribution in [-0.4, -0.2) is 27.9 Å². The number of hydrogen-bond acceptors (Lipinski definition) is 6. The minimum absolute atomic E-state index is 0.0159. The SMILES string of the molecule is CCc1ccccc1NC(=O)CSc1nnc(NC2CC2)s1. The molecule has 0 aliphatic heterocycles. The van der Waals surface area contributed by atoms with E-state index in [9.17, 15) is 4.79 Å². The average molecular weight is 334 g/mol. The summed E-state index contributed by atoms with van der Waals surface area (Å²) in [7, 11) is 0. The second-order valence-corrected chi connectivity index (χ2v) is 7.34. The first-order valence-corrected chi connectivity index (χ1v) is 9.15. The number of carbonyl (C=O) groups excluding carboxylic acids is 1. The number of para-hydroxylation sites is 1. The number of carbonyl (C=O) groups is 1. The summed E-state index contributed by atoms with van der Waals surface area (Å²) in [5.74, 6) is 0.327. The fourth-order valence-electron chi connectivity index (χ4n) is 1.99. The largest absolute Gasteiger partial charge is 0.357 e. The molecule has 1 aromatic carbocycles. The maximum absolute atomic E-state index is 12.1. The zero-order chi connectivity index (χ0) is 15.4. The van der Waals surface area contributed by atoms with Crippen LogP contribution in [-0.2, 0) is 11.2 Å². The number of nitrogens with one attached hydrogen (secondary N) is 2. The zero-order valence-corrected chi connectivity index (χ0v) is 14.0. The molecule has 1 aliphatic rings. The van der Waals surface area contributed by atoms with Crippen molar-refractivity contribution in [2.75, 3.05) is 16.4 Å². The van der Waals surface area contributed by atoms with E-state index in [1.54, 1.807) is 0 Å². The lowest BCUT2D eigenvalue weighted by Crippen LogP contribution is -2.15. The maximum atomic E-state index is 12.1. The van der Waals surface area contributed by atoms with Crippen molar-refractivity contribution < 1.29 is 4.79 Å². The molecule has 22 heavy (non-hydrogen) atoms. The number of anilines is 2. The molecule has 1 amide bonds. The predicted molar refractivity (Wildman–Crippen MR) is 91.7 cm³/mol. The Morgan fingerprint density at radius 3 is 2.95 bits per heavy atom. The van der Waals surface area contributed by atoms with E-state index in [0.717, 1.165) is 27.1 Å². The summed E-state index contributed by atoms with van der Waals surface area (Å²) in [5.41, 5.74) is 2.04. The van der Waals surface area contributed by atoms with Gasteiger partial charge in [0, 0.05) is 11.7 Å². The van der Waals surface area contributed by atoms with Gasteiger partial charge in [-0.25, -0.2) is 0 Å². The van der Waals surface area contributed by atoms with Gasteiger partial charge in [0.15, 0.2) is 4.34 Å². The predicted octanol–water partition coefficient (Wildman–Crippen LogP) is 3.41. The number of thioether (sulfide) groups is 1. The monoisotopic (exact) mass is 334 g/mol. The summed E-state index contributed by atoms with van der Waals surface area (Å²) in [6.45, 7) is 2.08. The van der Waals surface area contributed by atoms with Gasteiger partial charge in [0.25, 0.3) is 0 Å². The molecule has 1 fully saturated rings. The van der Waals surface area contributed by atoms with Crippen LogP contribution in [0.25, 0.3) is 0 Å². The van der Waals surface area contributed by atoms with E-state index in [0.29, 0.717) is 11.8 Å². The highest BCUT2D eigenvalue weighted by Crippen LogP contribution is 2.30. The summed E-state index contributed by atoms with van der Waals surface area (Å²) in [4.78, 5) is 12.1. The standard InChI is InChI=1S/C15H18N4OS2/c1-2-10-5-3-4-6-12(10)17-13(20)9-21-15-19-18-14(22-15)16-11-7-8-11/h3-6,11H,2,7-9H2,1H3,(H,16,18)(H,17,20). The van der Waals surface area contributed by atoms with Gasteiger partial charge in [-0.3, -0.25) is 4.79 Å². The minimum Gasteiger partial charge on any atom is -0.357 e. The number of aryl methyl sites for hydroxylation is 1. The molecule has 0 radical (unpaired) electrons. The van der Waals surface area contributed by atoms with Gasteiger partial charge in [-0.15, -0.1) is 10.2 Å². The highest BCUT2D eigenvalue weighted by Gasteiger charge is 2.22. The van der Waals surface area contributed by atoms with Crippen molar-refractivity contribution in [1.82, 2.24) is 10.2 Å². The van der Waals surface area contributed by atoms with E-state index in [-0.39, 0.29) is 5.91 Å². The van der Waals surface area contributed by atoms with Gasteiger partial charge in [-0.1, -0.05) is 48.2 Å². The van der Waals surface area contributed by atoms with Crippen LogP contribution in [0.5, 0.6) is 0 Å². The number of nitrogens with zero attached hydrogens (tertiary/aromatic N) is 2. The first-order chi connectivity index (χ1) is 10.7. The first-order valence-electron chi connectivity index (χ1n) is 7.35. The lowest BCUT2D eigenvalue weighted by Gasteiger charge is -2.08. The summed E-state index contributed by atoms with van der Waals surface area (Å²) in [6.07, 6.45) is 3.32. The lowest BCUT2D eigenvalue weighted by molar-refractivity contribution is -0.113. The fourth-order valence-corrected chi connectivity index (χ4v) is 3.62. The smallest absolute Gasteiger partial charge is 0.234 e. The second-order valence-electron chi connectivity index (χ2n) is 5.14. The topological polar surface area (TPSA) is 66.9 Å². The molecule has 0 saturated heterocycles. The van der Waals surface area contributed by atoms with Crippen molar-refractivity contribution in [2.24, 2.45) is 0 Å². The van der Waals surface area contributed by atoms with E-state index in [2.05, 4.69) is 27.8 Å². The fraction of sp³-hybridized carbons (Fsp3) is 0.400. The highest BCUT2D eigenvalue weighted by molar-refractivity contribution is 8.01. The van der Waals surface area contributed by atoms with Crippen LogP contribution in [0.15, 0.2) is 28.6 Å². The minimum atomic E-state index is -0.0159. The number of hydrogen-bond donors (Lipinski definition) is 2. The van der Waals surface area contributed by atoms with Crippen molar-refractivity contribution >= 4 is 39.8 Å². The van der Waals surface area contributed by atoms with Crippen LogP contribution in [0.3, 0.4) is 0 Å². The normalized spacial score (nSPS) is 13.9. The van der Waals surface area contributed by atoms with Crippen LogP contribution >= 0.6 is 23.1 Å². The van der Waals surface area contributed by atoms with E-state index in [1.165, 1.54) is 35.9 Å². The number of benzene rings is 1. The molecule has 1 saturated carbocycles. The van der Waals surface area contributed by atoms with Crippen molar-refractivity contribution in [2.45, 2.75) is 36.6 Å². The van der Waals surface area contributed by atoms with Gasteiger partial charge >= 0.3 is 0 Å². The Balaban J connectivity index is 1.50. The molecule has 2 N–H and O–H groups in total. The Bertz CT molecular complexity index is 654. The molecule has 1 heterocycles. The quantitative estimate of drug-likeness (QED) is 0.760.